The van der Waals surface area contributed by atoms with Crippen LogP contribution in [0.3, 0.4) is 0 Å². The van der Waals surface area contributed by atoms with Gasteiger partial charge in [0, 0.05) is 31.2 Å². The number of hydrogen-bond donors (Lipinski definition) is 0. The Labute approximate surface area is 200 Å². The zero-order valence-electron chi connectivity index (χ0n) is 19.2. The van der Waals surface area contributed by atoms with E-state index in [1.807, 2.05) is 11.8 Å². The minimum absolute atomic E-state index is 0.0603. The predicted octanol–water partition coefficient (Wildman–Crippen LogP) is 3.50. The van der Waals surface area contributed by atoms with Gasteiger partial charge >= 0.3 is 0 Å². The van der Waals surface area contributed by atoms with Gasteiger partial charge in [0.2, 0.25) is 21.8 Å². The quantitative estimate of drug-likeness (QED) is 0.641. The highest BCUT2D eigenvalue weighted by Crippen LogP contribution is 2.28. The predicted molar refractivity (Wildman–Crippen MR) is 129 cm³/mol. The van der Waals surface area contributed by atoms with Crippen LogP contribution < -0.4 is 0 Å². The fourth-order valence-electron chi connectivity index (χ4n) is 4.90. The molecule has 4 rings (SSSR count). The number of rotatable bonds is 5. The van der Waals surface area contributed by atoms with Gasteiger partial charge in [-0.1, -0.05) is 23.7 Å². The number of piperidine rings is 1. The smallest absolute Gasteiger partial charge is 0.245 e. The number of fused-ring (bicyclic) bond motifs is 1. The van der Waals surface area contributed by atoms with E-state index in [1.54, 1.807) is 37.3 Å². The molecule has 0 N–H and O–H groups in total. The minimum Gasteiger partial charge on any atom is -0.338 e. The molecule has 2 aliphatic heterocycles. The van der Waals surface area contributed by atoms with Crippen LogP contribution in [0.5, 0.6) is 0 Å². The van der Waals surface area contributed by atoms with E-state index in [0.717, 1.165) is 34.3 Å². The van der Waals surface area contributed by atoms with Crippen molar-refractivity contribution < 1.29 is 18.0 Å². The molecule has 0 aromatic heterocycles. The van der Waals surface area contributed by atoms with Gasteiger partial charge in [-0.3, -0.25) is 9.59 Å². The van der Waals surface area contributed by atoms with E-state index >= 15 is 0 Å². The SMILES string of the molecule is C[C@@H]1CCCCN1C(=O)[C@H](C)N1CC[C@H](N(C)S(=O)(=O)c2ccc3cc(Cl)ccc3c2)C1=O. The Morgan fingerprint density at radius 1 is 1.09 bits per heavy atom. The number of amides is 2. The molecule has 2 aromatic carbocycles. The summed E-state index contributed by atoms with van der Waals surface area (Å²) in [6, 6.07) is 8.83. The first-order valence-corrected chi connectivity index (χ1v) is 13.2. The topological polar surface area (TPSA) is 78.0 Å². The van der Waals surface area contributed by atoms with Gasteiger partial charge in [0.1, 0.15) is 12.1 Å². The third-order valence-corrected chi connectivity index (χ3v) is 9.11. The van der Waals surface area contributed by atoms with Crippen LogP contribution in [0, 0.1) is 0 Å². The average Bonchev–Trinajstić information content (AvgIpc) is 3.18. The normalized spacial score (nSPS) is 22.9. The molecule has 0 spiro atoms. The van der Waals surface area contributed by atoms with E-state index in [4.69, 9.17) is 11.6 Å². The van der Waals surface area contributed by atoms with Gasteiger partial charge in [-0.25, -0.2) is 8.42 Å². The Kier molecular flexibility index (Phi) is 6.71. The molecule has 2 heterocycles. The highest BCUT2D eigenvalue weighted by Gasteiger charge is 2.43. The molecule has 0 bridgehead atoms. The molecule has 0 unspecified atom stereocenters. The van der Waals surface area contributed by atoms with Crippen LogP contribution in [0.1, 0.15) is 39.5 Å². The average molecular weight is 492 g/mol. The van der Waals surface area contributed by atoms with Crippen molar-refractivity contribution in [3.63, 3.8) is 0 Å². The number of sulfonamides is 1. The molecule has 2 amide bonds. The van der Waals surface area contributed by atoms with Crippen LogP contribution in [0.25, 0.3) is 10.8 Å². The van der Waals surface area contributed by atoms with Crippen molar-refractivity contribution in [2.75, 3.05) is 20.1 Å². The molecule has 0 radical (unpaired) electrons. The molecule has 9 heteroatoms. The maximum Gasteiger partial charge on any atom is 0.245 e. The van der Waals surface area contributed by atoms with E-state index in [9.17, 15) is 18.0 Å². The summed E-state index contributed by atoms with van der Waals surface area (Å²) in [5.74, 6) is -0.381. The van der Waals surface area contributed by atoms with Gasteiger partial charge in [0.05, 0.1) is 4.90 Å². The summed E-state index contributed by atoms with van der Waals surface area (Å²) in [5.41, 5.74) is 0. The number of nitrogens with zero attached hydrogens (tertiary/aromatic N) is 3. The number of likely N-dealkylation sites (tertiary alicyclic amines) is 2. The van der Waals surface area contributed by atoms with Crippen molar-refractivity contribution >= 4 is 44.2 Å². The molecular formula is C24H30ClN3O4S. The van der Waals surface area contributed by atoms with Gasteiger partial charge in [0.25, 0.3) is 0 Å². The van der Waals surface area contributed by atoms with Crippen LogP contribution in [-0.4, -0.2) is 72.6 Å². The molecule has 0 aliphatic carbocycles. The standard InChI is InChI=1S/C24H30ClN3O4S/c1-16-6-4-5-12-27(16)23(29)17(2)28-13-11-22(24(28)30)26(3)33(31,32)21-10-8-18-14-20(25)9-7-19(18)15-21/h7-10,14-17,22H,4-6,11-13H2,1-3H3/t16-,17+,22+/m1/s1. The van der Waals surface area contributed by atoms with Crippen LogP contribution >= 0.6 is 11.6 Å². The number of halogens is 1. The van der Waals surface area contributed by atoms with E-state index in [0.29, 0.717) is 24.5 Å². The fraction of sp³-hybridized carbons (Fsp3) is 0.500. The lowest BCUT2D eigenvalue weighted by Gasteiger charge is -2.37. The summed E-state index contributed by atoms with van der Waals surface area (Å²) in [6.07, 6.45) is 3.39. The maximum absolute atomic E-state index is 13.3. The Morgan fingerprint density at radius 3 is 2.52 bits per heavy atom. The van der Waals surface area contributed by atoms with Gasteiger partial charge in [-0.15, -0.1) is 0 Å². The zero-order valence-corrected chi connectivity index (χ0v) is 20.8. The van der Waals surface area contributed by atoms with Crippen LogP contribution in [0.2, 0.25) is 5.02 Å². The Bertz CT molecular complexity index is 1190. The summed E-state index contributed by atoms with van der Waals surface area (Å²) >= 11 is 6.02. The molecule has 2 aliphatic rings. The molecule has 2 aromatic rings. The van der Waals surface area contributed by atoms with Crippen molar-refractivity contribution in [2.24, 2.45) is 0 Å². The van der Waals surface area contributed by atoms with E-state index in [2.05, 4.69) is 0 Å². The van der Waals surface area contributed by atoms with E-state index in [1.165, 1.54) is 18.0 Å². The van der Waals surface area contributed by atoms with Crippen molar-refractivity contribution in [3.8, 4) is 0 Å². The minimum atomic E-state index is -3.90. The number of benzene rings is 2. The molecule has 3 atom stereocenters. The van der Waals surface area contributed by atoms with Crippen LogP contribution in [0.15, 0.2) is 41.3 Å². The van der Waals surface area contributed by atoms with Gasteiger partial charge in [-0.2, -0.15) is 4.31 Å². The van der Waals surface area contributed by atoms with Crippen molar-refractivity contribution in [3.05, 3.63) is 41.4 Å². The number of hydrogen-bond acceptors (Lipinski definition) is 4. The van der Waals surface area contributed by atoms with E-state index < -0.39 is 22.1 Å². The van der Waals surface area contributed by atoms with Gasteiger partial charge < -0.3 is 9.80 Å². The first kappa shape index (κ1) is 24.0. The highest BCUT2D eigenvalue weighted by atomic mass is 35.5. The lowest BCUT2D eigenvalue weighted by Crippen LogP contribution is -2.53. The largest absolute Gasteiger partial charge is 0.338 e. The number of likely N-dealkylation sites (N-methyl/N-ethyl adjacent to an activating group) is 1. The molecule has 178 valence electrons. The van der Waals surface area contributed by atoms with Crippen LogP contribution in [0.4, 0.5) is 0 Å². The van der Waals surface area contributed by atoms with Crippen molar-refractivity contribution in [2.45, 2.75) is 62.6 Å². The van der Waals surface area contributed by atoms with Crippen molar-refractivity contribution in [1.82, 2.24) is 14.1 Å². The van der Waals surface area contributed by atoms with Gasteiger partial charge in [-0.05, 0) is 74.6 Å². The Hall–Kier alpha value is -2.16. The highest BCUT2D eigenvalue weighted by molar-refractivity contribution is 7.89. The van der Waals surface area contributed by atoms with E-state index in [-0.39, 0.29) is 22.8 Å². The molecule has 2 saturated heterocycles. The molecule has 33 heavy (non-hydrogen) atoms. The van der Waals surface area contributed by atoms with Gasteiger partial charge in [0.15, 0.2) is 0 Å². The summed E-state index contributed by atoms with van der Waals surface area (Å²) in [5, 5.41) is 2.17. The Balaban J connectivity index is 1.51. The second-order valence-electron chi connectivity index (χ2n) is 9.06. The molecule has 7 nitrogen and oxygen atoms in total. The fourth-order valence-corrected chi connectivity index (χ4v) is 6.46. The summed E-state index contributed by atoms with van der Waals surface area (Å²) in [6.45, 7) is 4.84. The zero-order chi connectivity index (χ0) is 23.9. The number of carbonyl (C=O) groups excluding carboxylic acids is 2. The lowest BCUT2D eigenvalue weighted by molar-refractivity contribution is -0.146. The lowest BCUT2D eigenvalue weighted by atomic mass is 10.0. The second-order valence-corrected chi connectivity index (χ2v) is 11.5. The first-order chi connectivity index (χ1) is 15.6. The maximum atomic E-state index is 13.3. The Morgan fingerprint density at radius 2 is 1.79 bits per heavy atom. The monoisotopic (exact) mass is 491 g/mol. The third kappa shape index (κ3) is 4.48. The number of carbonyl (C=O) groups is 2. The summed E-state index contributed by atoms with van der Waals surface area (Å²) < 4.78 is 27.8. The summed E-state index contributed by atoms with van der Waals surface area (Å²) in [4.78, 5) is 29.8. The van der Waals surface area contributed by atoms with Crippen molar-refractivity contribution in [1.29, 1.82) is 0 Å². The molecule has 2 fully saturated rings. The summed E-state index contributed by atoms with van der Waals surface area (Å²) in [7, 11) is -2.46. The van der Waals surface area contributed by atoms with Crippen LogP contribution in [-0.2, 0) is 19.6 Å². The molecular weight excluding hydrogens is 462 g/mol. The first-order valence-electron chi connectivity index (χ1n) is 11.4. The second kappa shape index (κ2) is 9.24. The third-order valence-electron chi connectivity index (χ3n) is 7.01. The molecule has 0 saturated carbocycles.